The van der Waals surface area contributed by atoms with Crippen LogP contribution in [0.2, 0.25) is 10.0 Å². The third-order valence-corrected chi connectivity index (χ3v) is 7.22. The molecule has 1 N–H and O–H groups in total. The van der Waals surface area contributed by atoms with Crippen LogP contribution in [0.5, 0.6) is 5.75 Å². The molecule has 2 aliphatic rings. The minimum absolute atomic E-state index is 0.0958. The van der Waals surface area contributed by atoms with E-state index in [9.17, 15) is 4.79 Å². The van der Waals surface area contributed by atoms with E-state index in [1.54, 1.807) is 12.1 Å². The zero-order valence-electron chi connectivity index (χ0n) is 17.7. The summed E-state index contributed by atoms with van der Waals surface area (Å²) in [6.07, 6.45) is 6.31. The normalized spacial score (nSPS) is 20.4. The third kappa shape index (κ3) is 4.24. The van der Waals surface area contributed by atoms with Crippen molar-refractivity contribution in [3.05, 3.63) is 81.1 Å². The number of hydrogen-bond donors (Lipinski definition) is 1. The lowest BCUT2D eigenvalue weighted by atomic mass is 9.92. The first-order valence-electron chi connectivity index (χ1n) is 11.1. The number of aromatic amines is 1. The molecule has 0 radical (unpaired) electrons. The number of halogens is 2. The number of nitrogens with zero attached hydrogens (tertiary/aromatic N) is 2. The Morgan fingerprint density at radius 1 is 1.12 bits per heavy atom. The predicted octanol–water partition coefficient (Wildman–Crippen LogP) is 5.76. The van der Waals surface area contributed by atoms with Crippen LogP contribution in [0, 0.1) is 5.92 Å². The zero-order valence-corrected chi connectivity index (χ0v) is 19.2. The van der Waals surface area contributed by atoms with E-state index in [4.69, 9.17) is 27.9 Å². The van der Waals surface area contributed by atoms with Gasteiger partial charge in [0, 0.05) is 22.5 Å². The quantitative estimate of drug-likeness (QED) is 0.498. The van der Waals surface area contributed by atoms with Crippen molar-refractivity contribution in [3.63, 3.8) is 0 Å². The Kier molecular flexibility index (Phi) is 6.11. The van der Waals surface area contributed by atoms with Crippen LogP contribution in [0.25, 0.3) is 0 Å². The summed E-state index contributed by atoms with van der Waals surface area (Å²) in [7, 11) is 0. The molecule has 2 aromatic carbocycles. The maximum absolute atomic E-state index is 13.3. The van der Waals surface area contributed by atoms with Crippen LogP contribution in [0.3, 0.4) is 0 Å². The summed E-state index contributed by atoms with van der Waals surface area (Å²) in [4.78, 5) is 15.3. The zero-order chi connectivity index (χ0) is 22.1. The summed E-state index contributed by atoms with van der Waals surface area (Å²) in [5, 5.41) is 8.40. The molecule has 1 amide bonds. The molecule has 32 heavy (non-hydrogen) atoms. The number of aryl methyl sites for hydroxylation is 1. The van der Waals surface area contributed by atoms with Crippen LogP contribution in [-0.2, 0) is 24.2 Å². The van der Waals surface area contributed by atoms with Crippen molar-refractivity contribution in [2.24, 2.45) is 5.92 Å². The lowest BCUT2D eigenvalue weighted by Gasteiger charge is -2.31. The molecular formula is C25H25Cl2N3O2. The Morgan fingerprint density at radius 2 is 1.91 bits per heavy atom. The average Bonchev–Trinajstić information content (AvgIpc) is 3.42. The average molecular weight is 470 g/mol. The van der Waals surface area contributed by atoms with Gasteiger partial charge in [-0.25, -0.2) is 0 Å². The number of rotatable bonds is 6. The van der Waals surface area contributed by atoms with E-state index in [1.807, 2.05) is 41.4 Å². The molecule has 0 saturated carbocycles. The monoisotopic (exact) mass is 469 g/mol. The van der Waals surface area contributed by atoms with E-state index < -0.39 is 0 Å². The highest BCUT2D eigenvalue weighted by Gasteiger charge is 2.39. The maximum Gasteiger partial charge on any atom is 0.226 e. The van der Waals surface area contributed by atoms with Crippen LogP contribution in [0.15, 0.2) is 48.7 Å². The lowest BCUT2D eigenvalue weighted by molar-refractivity contribution is -0.133. The number of aromatic nitrogens is 2. The minimum Gasteiger partial charge on any atom is -0.489 e. The number of H-pyrrole nitrogens is 1. The first-order chi connectivity index (χ1) is 15.6. The fourth-order valence-corrected chi connectivity index (χ4v) is 5.48. The Balaban J connectivity index is 1.27. The van der Waals surface area contributed by atoms with Gasteiger partial charge in [0.1, 0.15) is 12.4 Å². The number of fused-ring (bicyclic) bond motifs is 1. The molecule has 1 aliphatic carbocycles. The van der Waals surface area contributed by atoms with Crippen molar-refractivity contribution >= 4 is 29.1 Å². The Labute approximate surface area is 197 Å². The van der Waals surface area contributed by atoms with Gasteiger partial charge in [0.25, 0.3) is 0 Å². The summed E-state index contributed by atoms with van der Waals surface area (Å²) in [6, 6.07) is 13.6. The second-order valence-electron chi connectivity index (χ2n) is 8.58. The third-order valence-electron chi connectivity index (χ3n) is 6.55. The predicted molar refractivity (Wildman–Crippen MR) is 125 cm³/mol. The van der Waals surface area contributed by atoms with Gasteiger partial charge in [0.15, 0.2) is 0 Å². The van der Waals surface area contributed by atoms with Crippen LogP contribution in [0.1, 0.15) is 47.7 Å². The van der Waals surface area contributed by atoms with Crippen molar-refractivity contribution < 1.29 is 9.53 Å². The van der Waals surface area contributed by atoms with Crippen molar-refractivity contribution in [2.75, 3.05) is 6.54 Å². The first-order valence-corrected chi connectivity index (χ1v) is 11.8. The van der Waals surface area contributed by atoms with Gasteiger partial charge < -0.3 is 9.64 Å². The molecule has 166 valence electrons. The van der Waals surface area contributed by atoms with Crippen LogP contribution >= 0.6 is 23.2 Å². The number of ether oxygens (including phenoxy) is 1. The Hall–Kier alpha value is -2.50. The van der Waals surface area contributed by atoms with E-state index in [0.717, 1.165) is 49.0 Å². The van der Waals surface area contributed by atoms with E-state index in [-0.39, 0.29) is 17.9 Å². The number of carbonyl (C=O) groups excluding carboxylic acids is 1. The van der Waals surface area contributed by atoms with Gasteiger partial charge in [-0.15, -0.1) is 0 Å². The molecular weight excluding hydrogens is 445 g/mol. The maximum atomic E-state index is 13.3. The molecule has 3 aromatic rings. The second kappa shape index (κ2) is 9.16. The van der Waals surface area contributed by atoms with Crippen molar-refractivity contribution in [1.82, 2.24) is 15.1 Å². The van der Waals surface area contributed by atoms with Gasteiger partial charge in [-0.3, -0.25) is 9.89 Å². The van der Waals surface area contributed by atoms with Crippen molar-refractivity contribution in [2.45, 2.75) is 44.8 Å². The fourth-order valence-electron chi connectivity index (χ4n) is 4.86. The number of likely N-dealkylation sites (tertiary alicyclic amines) is 1. The summed E-state index contributed by atoms with van der Waals surface area (Å²) >= 11 is 13.2. The number of carbonyl (C=O) groups is 1. The van der Waals surface area contributed by atoms with E-state index in [1.165, 1.54) is 5.56 Å². The number of nitrogens with one attached hydrogen (secondary N) is 1. The standard InChI is InChI=1S/C25H25Cl2N3O2/c26-21-12-19(32-15-16-5-2-1-3-6-16)13-22(27)20(21)11-17-9-10-30(25(17)31)23-8-4-7-18-14-28-29-24(18)23/h1-3,5-6,12-14,17,23H,4,7-11,15H2,(H,28,29)/t17?,23-/m1/s1. The molecule has 2 heterocycles. The van der Waals surface area contributed by atoms with E-state index >= 15 is 0 Å². The number of hydrogen-bond acceptors (Lipinski definition) is 3. The highest BCUT2D eigenvalue weighted by Crippen LogP contribution is 2.39. The first kappa shape index (κ1) is 21.4. The summed E-state index contributed by atoms with van der Waals surface area (Å²) in [5.41, 5.74) is 4.21. The summed E-state index contributed by atoms with van der Waals surface area (Å²) in [6.45, 7) is 1.19. The smallest absolute Gasteiger partial charge is 0.226 e. The molecule has 0 spiro atoms. The topological polar surface area (TPSA) is 58.2 Å². The summed E-state index contributed by atoms with van der Waals surface area (Å²) in [5.74, 6) is 0.685. The van der Waals surface area contributed by atoms with Gasteiger partial charge in [-0.05, 0) is 60.9 Å². The molecule has 0 bridgehead atoms. The Bertz CT molecular complexity index is 1090. The SMILES string of the molecule is O=C1C(Cc2c(Cl)cc(OCc3ccccc3)cc2Cl)CCN1[C@@H]1CCCc2cn[nH]c21. The van der Waals surface area contributed by atoms with Gasteiger partial charge in [-0.1, -0.05) is 53.5 Å². The highest BCUT2D eigenvalue weighted by molar-refractivity contribution is 6.36. The van der Waals surface area contributed by atoms with Crippen LogP contribution < -0.4 is 4.74 Å². The van der Waals surface area contributed by atoms with Crippen LogP contribution in [-0.4, -0.2) is 27.5 Å². The second-order valence-corrected chi connectivity index (χ2v) is 9.39. The van der Waals surface area contributed by atoms with Gasteiger partial charge in [0.05, 0.1) is 17.9 Å². The summed E-state index contributed by atoms with van der Waals surface area (Å²) < 4.78 is 5.87. The Morgan fingerprint density at radius 3 is 2.69 bits per heavy atom. The molecule has 5 rings (SSSR count). The molecule has 5 nitrogen and oxygen atoms in total. The molecule has 1 saturated heterocycles. The molecule has 1 unspecified atom stereocenters. The number of amides is 1. The number of benzene rings is 2. The van der Waals surface area contributed by atoms with Crippen molar-refractivity contribution in [1.29, 1.82) is 0 Å². The molecule has 1 aliphatic heterocycles. The van der Waals surface area contributed by atoms with E-state index in [2.05, 4.69) is 10.2 Å². The molecule has 2 atom stereocenters. The fraction of sp³-hybridized carbons (Fsp3) is 0.360. The van der Waals surface area contributed by atoms with Gasteiger partial charge in [0.2, 0.25) is 5.91 Å². The largest absolute Gasteiger partial charge is 0.489 e. The van der Waals surface area contributed by atoms with Crippen molar-refractivity contribution in [3.8, 4) is 5.75 Å². The lowest BCUT2D eigenvalue weighted by Crippen LogP contribution is -2.34. The van der Waals surface area contributed by atoms with E-state index in [0.29, 0.717) is 28.8 Å². The molecule has 1 aromatic heterocycles. The minimum atomic E-state index is -0.116. The highest BCUT2D eigenvalue weighted by atomic mass is 35.5. The van der Waals surface area contributed by atoms with Gasteiger partial charge in [-0.2, -0.15) is 5.10 Å². The van der Waals surface area contributed by atoms with Gasteiger partial charge >= 0.3 is 0 Å². The molecule has 1 fully saturated rings. The molecule has 7 heteroatoms. The van der Waals surface area contributed by atoms with Crippen LogP contribution in [0.4, 0.5) is 0 Å².